The average Bonchev–Trinajstić information content (AvgIpc) is 2.54. The van der Waals surface area contributed by atoms with E-state index >= 15 is 0 Å². The Morgan fingerprint density at radius 1 is 1.30 bits per heavy atom. The van der Waals surface area contributed by atoms with Gasteiger partial charge in [0.15, 0.2) is 0 Å². The van der Waals surface area contributed by atoms with Crippen LogP contribution in [0.5, 0.6) is 5.75 Å². The number of aromatic nitrogens is 1. The zero-order chi connectivity index (χ0) is 13.9. The predicted molar refractivity (Wildman–Crippen MR) is 75.6 cm³/mol. The minimum absolute atomic E-state index is 0.0141. The van der Waals surface area contributed by atoms with Gasteiger partial charge in [0.1, 0.15) is 5.75 Å². The predicted octanol–water partition coefficient (Wildman–Crippen LogP) is 2.68. The summed E-state index contributed by atoms with van der Waals surface area (Å²) in [6, 6.07) is 11.5. The lowest BCUT2D eigenvalue weighted by molar-refractivity contribution is 0.0686. The minimum atomic E-state index is -0.0141. The smallest absolute Gasteiger partial charge is 0.255 e. The van der Waals surface area contributed by atoms with E-state index in [2.05, 4.69) is 4.98 Å². The molecule has 102 valence electrons. The summed E-state index contributed by atoms with van der Waals surface area (Å²) < 4.78 is 5.64. The molecule has 1 aliphatic heterocycles. The first-order valence-corrected chi connectivity index (χ1v) is 6.66. The van der Waals surface area contributed by atoms with E-state index < -0.39 is 0 Å². The molecule has 0 N–H and O–H groups in total. The van der Waals surface area contributed by atoms with E-state index in [1.165, 1.54) is 0 Å². The van der Waals surface area contributed by atoms with Gasteiger partial charge < -0.3 is 9.64 Å². The number of amides is 1. The highest BCUT2D eigenvalue weighted by Crippen LogP contribution is 2.35. The van der Waals surface area contributed by atoms with Crippen molar-refractivity contribution in [2.45, 2.75) is 12.5 Å². The van der Waals surface area contributed by atoms with Crippen LogP contribution >= 0.6 is 0 Å². The van der Waals surface area contributed by atoms with Gasteiger partial charge in [0.05, 0.1) is 18.2 Å². The van der Waals surface area contributed by atoms with Crippen molar-refractivity contribution in [2.24, 2.45) is 0 Å². The summed E-state index contributed by atoms with van der Waals surface area (Å²) in [7, 11) is 1.84. The van der Waals surface area contributed by atoms with Gasteiger partial charge >= 0.3 is 0 Å². The van der Waals surface area contributed by atoms with E-state index in [1.54, 1.807) is 29.4 Å². The van der Waals surface area contributed by atoms with Gasteiger partial charge in [-0.05, 0) is 18.2 Å². The Hall–Kier alpha value is -2.36. The number of nitrogens with zero attached hydrogens (tertiary/aromatic N) is 2. The highest BCUT2D eigenvalue weighted by Gasteiger charge is 2.28. The van der Waals surface area contributed by atoms with Gasteiger partial charge in [0.2, 0.25) is 0 Å². The fourth-order valence-corrected chi connectivity index (χ4v) is 2.56. The molecule has 0 bridgehead atoms. The Labute approximate surface area is 118 Å². The quantitative estimate of drug-likeness (QED) is 0.841. The fraction of sp³-hybridized carbons (Fsp3) is 0.250. The molecule has 3 rings (SSSR count). The molecule has 2 aromatic rings. The number of benzene rings is 1. The van der Waals surface area contributed by atoms with Crippen LogP contribution in [0.1, 0.15) is 28.4 Å². The third-order valence-electron chi connectivity index (χ3n) is 3.62. The molecule has 1 amide bonds. The van der Waals surface area contributed by atoms with Crippen molar-refractivity contribution in [1.82, 2.24) is 9.88 Å². The average molecular weight is 268 g/mol. The van der Waals surface area contributed by atoms with E-state index in [1.807, 2.05) is 31.3 Å². The van der Waals surface area contributed by atoms with Crippen LogP contribution in [0.15, 0.2) is 48.8 Å². The molecular weight excluding hydrogens is 252 g/mol. The summed E-state index contributed by atoms with van der Waals surface area (Å²) in [5.41, 5.74) is 1.68. The molecule has 0 radical (unpaired) electrons. The fourth-order valence-electron chi connectivity index (χ4n) is 2.56. The molecule has 4 nitrogen and oxygen atoms in total. The second-order valence-corrected chi connectivity index (χ2v) is 4.85. The summed E-state index contributed by atoms with van der Waals surface area (Å²) in [5.74, 6) is 0.856. The van der Waals surface area contributed by atoms with Crippen LogP contribution in [-0.2, 0) is 0 Å². The molecule has 0 aliphatic carbocycles. The zero-order valence-corrected chi connectivity index (χ0v) is 11.3. The maximum Gasteiger partial charge on any atom is 0.255 e. The van der Waals surface area contributed by atoms with Crippen molar-refractivity contribution in [3.63, 3.8) is 0 Å². The van der Waals surface area contributed by atoms with Crippen LogP contribution in [0, 0.1) is 0 Å². The third-order valence-corrected chi connectivity index (χ3v) is 3.62. The maximum atomic E-state index is 12.5. The molecule has 1 aromatic carbocycles. The summed E-state index contributed by atoms with van der Waals surface area (Å²) in [4.78, 5) is 18.3. The van der Waals surface area contributed by atoms with E-state index in [0.717, 1.165) is 17.7 Å². The van der Waals surface area contributed by atoms with E-state index in [0.29, 0.717) is 12.2 Å². The molecule has 0 saturated heterocycles. The first-order chi connectivity index (χ1) is 9.77. The Morgan fingerprint density at radius 3 is 2.95 bits per heavy atom. The topological polar surface area (TPSA) is 42.4 Å². The lowest BCUT2D eigenvalue weighted by Gasteiger charge is -2.33. The van der Waals surface area contributed by atoms with E-state index in [9.17, 15) is 4.79 Å². The zero-order valence-electron chi connectivity index (χ0n) is 11.3. The highest BCUT2D eigenvalue weighted by molar-refractivity contribution is 5.94. The number of rotatable bonds is 2. The lowest BCUT2D eigenvalue weighted by Crippen LogP contribution is -2.34. The van der Waals surface area contributed by atoms with Crippen LogP contribution < -0.4 is 4.74 Å². The number of carbonyl (C=O) groups excluding carboxylic acids is 1. The number of ether oxygens (including phenoxy) is 1. The molecule has 0 spiro atoms. The van der Waals surface area contributed by atoms with Crippen molar-refractivity contribution < 1.29 is 9.53 Å². The van der Waals surface area contributed by atoms with Crippen molar-refractivity contribution >= 4 is 5.91 Å². The van der Waals surface area contributed by atoms with E-state index in [4.69, 9.17) is 4.74 Å². The van der Waals surface area contributed by atoms with Gasteiger partial charge in [0, 0.05) is 31.4 Å². The number of fused-ring (bicyclic) bond motifs is 1. The summed E-state index contributed by atoms with van der Waals surface area (Å²) >= 11 is 0. The second-order valence-electron chi connectivity index (χ2n) is 4.85. The van der Waals surface area contributed by atoms with Crippen molar-refractivity contribution in [3.05, 3.63) is 59.9 Å². The summed E-state index contributed by atoms with van der Waals surface area (Å²) in [5, 5.41) is 0. The normalized spacial score (nSPS) is 16.9. The maximum absolute atomic E-state index is 12.5. The number of hydrogen-bond donors (Lipinski definition) is 0. The van der Waals surface area contributed by atoms with Crippen LogP contribution in [-0.4, -0.2) is 29.4 Å². The number of para-hydroxylation sites is 1. The SMILES string of the molecule is CN(C(=O)c1cccnc1)C1CCOc2ccccc21. The van der Waals surface area contributed by atoms with Crippen molar-refractivity contribution in [3.8, 4) is 5.75 Å². The molecule has 0 fully saturated rings. The Morgan fingerprint density at radius 2 is 2.15 bits per heavy atom. The van der Waals surface area contributed by atoms with Crippen LogP contribution in [0.3, 0.4) is 0 Å². The van der Waals surface area contributed by atoms with Gasteiger partial charge in [-0.15, -0.1) is 0 Å². The molecule has 1 unspecified atom stereocenters. The molecule has 20 heavy (non-hydrogen) atoms. The number of carbonyl (C=O) groups is 1. The Balaban J connectivity index is 1.89. The molecule has 2 heterocycles. The molecule has 4 heteroatoms. The molecular formula is C16H16N2O2. The first-order valence-electron chi connectivity index (χ1n) is 6.66. The van der Waals surface area contributed by atoms with Crippen LogP contribution in [0.2, 0.25) is 0 Å². The Kier molecular flexibility index (Phi) is 3.37. The monoisotopic (exact) mass is 268 g/mol. The van der Waals surface area contributed by atoms with Crippen LogP contribution in [0.25, 0.3) is 0 Å². The van der Waals surface area contributed by atoms with Gasteiger partial charge in [-0.2, -0.15) is 0 Å². The van der Waals surface area contributed by atoms with E-state index in [-0.39, 0.29) is 11.9 Å². The van der Waals surface area contributed by atoms with Gasteiger partial charge in [0.25, 0.3) is 5.91 Å². The first kappa shape index (κ1) is 12.7. The minimum Gasteiger partial charge on any atom is -0.493 e. The molecule has 1 atom stereocenters. The van der Waals surface area contributed by atoms with Crippen molar-refractivity contribution in [2.75, 3.05) is 13.7 Å². The standard InChI is InChI=1S/C16H16N2O2/c1-18(16(19)12-5-4-9-17-11-12)14-8-10-20-15-7-3-2-6-13(14)15/h2-7,9,11,14H,8,10H2,1H3. The second kappa shape index (κ2) is 5.33. The largest absolute Gasteiger partial charge is 0.493 e. The summed E-state index contributed by atoms with van der Waals surface area (Å²) in [6.07, 6.45) is 4.07. The van der Waals surface area contributed by atoms with Crippen LogP contribution in [0.4, 0.5) is 0 Å². The number of pyridine rings is 1. The molecule has 0 saturated carbocycles. The van der Waals surface area contributed by atoms with Gasteiger partial charge in [-0.1, -0.05) is 18.2 Å². The van der Waals surface area contributed by atoms with Gasteiger partial charge in [-0.25, -0.2) is 0 Å². The van der Waals surface area contributed by atoms with Gasteiger partial charge in [-0.3, -0.25) is 9.78 Å². The third kappa shape index (κ3) is 2.25. The number of hydrogen-bond acceptors (Lipinski definition) is 3. The lowest BCUT2D eigenvalue weighted by atomic mass is 9.99. The Bertz CT molecular complexity index is 613. The molecule has 1 aliphatic rings. The summed E-state index contributed by atoms with van der Waals surface area (Å²) in [6.45, 7) is 0.631. The highest BCUT2D eigenvalue weighted by atomic mass is 16.5. The van der Waals surface area contributed by atoms with Crippen molar-refractivity contribution in [1.29, 1.82) is 0 Å². The molecule has 1 aromatic heterocycles.